The molecule has 0 aromatic carbocycles. The Labute approximate surface area is 64.2 Å². The number of hydrogen-bond acceptors (Lipinski definition) is 2. The Bertz CT molecular complexity index is 47.2. The van der Waals surface area contributed by atoms with Gasteiger partial charge in [-0.3, -0.25) is 5.32 Å². The normalized spacial score (nSPS) is 9.80. The maximum Gasteiger partial charge on any atom is 0.138 e. The lowest BCUT2D eigenvalue weighted by Crippen LogP contribution is -2.14. The molecule has 0 saturated heterocycles. The van der Waals surface area contributed by atoms with Gasteiger partial charge in [-0.2, -0.15) is 0 Å². The molecule has 0 aliphatic carbocycles. The van der Waals surface area contributed by atoms with E-state index in [0.717, 1.165) is 26.1 Å². The lowest BCUT2D eigenvalue weighted by molar-refractivity contribution is 0.689. The summed E-state index contributed by atoms with van der Waals surface area (Å²) >= 11 is 0. The van der Waals surface area contributed by atoms with E-state index < -0.39 is 0 Å². The Balaban J connectivity index is 2.65. The monoisotopic (exact) mass is 143 g/mol. The SMILES string of the molecule is CCNC[CH+]CCCCN. The summed E-state index contributed by atoms with van der Waals surface area (Å²) in [7, 11) is 0. The van der Waals surface area contributed by atoms with E-state index in [2.05, 4.69) is 18.7 Å². The van der Waals surface area contributed by atoms with Crippen LogP contribution in [0, 0.1) is 6.42 Å². The molecule has 0 atom stereocenters. The molecule has 0 unspecified atom stereocenters. The highest BCUT2D eigenvalue weighted by Gasteiger charge is 1.95. The van der Waals surface area contributed by atoms with Crippen molar-refractivity contribution >= 4 is 0 Å². The van der Waals surface area contributed by atoms with Gasteiger partial charge in [-0.25, -0.2) is 0 Å². The van der Waals surface area contributed by atoms with Gasteiger partial charge >= 0.3 is 0 Å². The predicted octanol–water partition coefficient (Wildman–Crippen LogP) is 0.929. The van der Waals surface area contributed by atoms with Gasteiger partial charge in [-0.05, 0) is 25.9 Å². The second-order valence-corrected chi connectivity index (χ2v) is 2.38. The molecule has 2 nitrogen and oxygen atoms in total. The quantitative estimate of drug-likeness (QED) is 0.411. The molecular formula is C8H19N2+. The molecule has 0 rings (SSSR count). The zero-order chi connectivity index (χ0) is 7.66. The molecule has 0 saturated carbocycles. The minimum Gasteiger partial charge on any atom is -0.330 e. The molecule has 10 heavy (non-hydrogen) atoms. The highest BCUT2D eigenvalue weighted by atomic mass is 14.8. The average molecular weight is 143 g/mol. The van der Waals surface area contributed by atoms with Crippen LogP contribution in [0.2, 0.25) is 0 Å². The first kappa shape index (κ1) is 9.79. The van der Waals surface area contributed by atoms with Crippen molar-refractivity contribution < 1.29 is 0 Å². The number of nitrogens with two attached hydrogens (primary N) is 1. The molecular weight excluding hydrogens is 124 g/mol. The molecule has 2 heteroatoms. The highest BCUT2D eigenvalue weighted by Crippen LogP contribution is 1.95. The van der Waals surface area contributed by atoms with Crippen LogP contribution >= 0.6 is 0 Å². The van der Waals surface area contributed by atoms with E-state index in [1.54, 1.807) is 0 Å². The van der Waals surface area contributed by atoms with Crippen molar-refractivity contribution in [3.63, 3.8) is 0 Å². The van der Waals surface area contributed by atoms with Crippen LogP contribution in [0.3, 0.4) is 0 Å². The molecule has 0 aliphatic heterocycles. The van der Waals surface area contributed by atoms with Gasteiger partial charge in [0.05, 0.1) is 12.8 Å². The number of hydrogen-bond donors (Lipinski definition) is 2. The molecule has 0 fully saturated rings. The van der Waals surface area contributed by atoms with Gasteiger partial charge in [-0.15, -0.1) is 0 Å². The average Bonchev–Trinajstić information content (AvgIpc) is 1.97. The number of unbranched alkanes of at least 4 members (excludes halogenated alkanes) is 3. The first-order valence-corrected chi connectivity index (χ1v) is 4.14. The summed E-state index contributed by atoms with van der Waals surface area (Å²) in [5.74, 6) is 0. The first-order valence-electron chi connectivity index (χ1n) is 4.14. The summed E-state index contributed by atoms with van der Waals surface area (Å²) in [5, 5.41) is 3.24. The van der Waals surface area contributed by atoms with E-state index in [0.29, 0.717) is 0 Å². The largest absolute Gasteiger partial charge is 0.330 e. The van der Waals surface area contributed by atoms with E-state index in [4.69, 9.17) is 5.73 Å². The van der Waals surface area contributed by atoms with E-state index in [9.17, 15) is 0 Å². The third kappa shape index (κ3) is 7.79. The van der Waals surface area contributed by atoms with E-state index >= 15 is 0 Å². The van der Waals surface area contributed by atoms with E-state index in [-0.39, 0.29) is 0 Å². The standard InChI is InChI=1S/C8H19N2/c1-2-10-8-6-4-3-5-7-9/h6,10H,2-5,7-9H2,1H3/q+1. The van der Waals surface area contributed by atoms with E-state index in [1.807, 2.05) is 0 Å². The molecule has 0 aromatic heterocycles. The van der Waals surface area contributed by atoms with Crippen LogP contribution < -0.4 is 11.1 Å². The Morgan fingerprint density at radius 3 is 2.80 bits per heavy atom. The van der Waals surface area contributed by atoms with Gasteiger partial charge in [0.2, 0.25) is 0 Å². The third-order valence-electron chi connectivity index (χ3n) is 1.40. The van der Waals surface area contributed by atoms with Crippen molar-refractivity contribution in [2.75, 3.05) is 19.6 Å². The molecule has 0 bridgehead atoms. The van der Waals surface area contributed by atoms with Crippen molar-refractivity contribution in [3.05, 3.63) is 6.42 Å². The first-order chi connectivity index (χ1) is 4.91. The Morgan fingerprint density at radius 1 is 1.40 bits per heavy atom. The fourth-order valence-corrected chi connectivity index (χ4v) is 0.781. The molecule has 0 aliphatic rings. The van der Waals surface area contributed by atoms with Gasteiger partial charge in [0, 0.05) is 0 Å². The molecule has 0 amide bonds. The van der Waals surface area contributed by atoms with Crippen molar-refractivity contribution in [1.82, 2.24) is 5.32 Å². The minimum atomic E-state index is 0.828. The lowest BCUT2D eigenvalue weighted by atomic mass is 10.2. The Hall–Kier alpha value is -0.210. The Kier molecular flexibility index (Phi) is 8.61. The minimum absolute atomic E-state index is 0.828. The second kappa shape index (κ2) is 8.79. The van der Waals surface area contributed by atoms with E-state index in [1.165, 1.54) is 12.8 Å². The summed E-state index contributed by atoms with van der Waals surface area (Å²) in [6.07, 6.45) is 5.87. The molecule has 3 N–H and O–H groups in total. The van der Waals surface area contributed by atoms with Crippen molar-refractivity contribution in [3.8, 4) is 0 Å². The lowest BCUT2D eigenvalue weighted by Gasteiger charge is -1.92. The van der Waals surface area contributed by atoms with Crippen LogP contribution in [0.1, 0.15) is 26.2 Å². The van der Waals surface area contributed by atoms with Crippen LogP contribution in [-0.4, -0.2) is 19.6 Å². The van der Waals surface area contributed by atoms with Crippen molar-refractivity contribution in [1.29, 1.82) is 0 Å². The van der Waals surface area contributed by atoms with Crippen LogP contribution in [0.4, 0.5) is 0 Å². The summed E-state index contributed by atoms with van der Waals surface area (Å²) in [4.78, 5) is 0. The third-order valence-corrected chi connectivity index (χ3v) is 1.40. The maximum absolute atomic E-state index is 5.34. The number of rotatable bonds is 7. The van der Waals surface area contributed by atoms with Gasteiger partial charge in [0.25, 0.3) is 0 Å². The molecule has 60 valence electrons. The van der Waals surface area contributed by atoms with Crippen LogP contribution in [0.15, 0.2) is 0 Å². The van der Waals surface area contributed by atoms with Gasteiger partial charge < -0.3 is 5.73 Å². The van der Waals surface area contributed by atoms with Crippen LogP contribution in [-0.2, 0) is 0 Å². The fourth-order valence-electron chi connectivity index (χ4n) is 0.781. The summed E-state index contributed by atoms with van der Waals surface area (Å²) in [5.41, 5.74) is 5.34. The topological polar surface area (TPSA) is 38.0 Å². The summed E-state index contributed by atoms with van der Waals surface area (Å²) in [6.45, 7) is 5.05. The smallest absolute Gasteiger partial charge is 0.138 e. The van der Waals surface area contributed by atoms with Crippen LogP contribution in [0.5, 0.6) is 0 Å². The zero-order valence-corrected chi connectivity index (χ0v) is 6.90. The molecule has 0 aromatic rings. The second-order valence-electron chi connectivity index (χ2n) is 2.38. The summed E-state index contributed by atoms with van der Waals surface area (Å²) < 4.78 is 0. The van der Waals surface area contributed by atoms with Crippen LogP contribution in [0.25, 0.3) is 0 Å². The van der Waals surface area contributed by atoms with Crippen molar-refractivity contribution in [2.24, 2.45) is 5.73 Å². The zero-order valence-electron chi connectivity index (χ0n) is 6.90. The van der Waals surface area contributed by atoms with Crippen molar-refractivity contribution in [2.45, 2.75) is 26.2 Å². The highest BCUT2D eigenvalue weighted by molar-refractivity contribution is 4.66. The Morgan fingerprint density at radius 2 is 2.20 bits per heavy atom. The van der Waals surface area contributed by atoms with Gasteiger partial charge in [0.15, 0.2) is 0 Å². The molecule has 0 spiro atoms. The molecule has 0 radical (unpaired) electrons. The van der Waals surface area contributed by atoms with Gasteiger partial charge in [0.1, 0.15) is 6.54 Å². The van der Waals surface area contributed by atoms with Gasteiger partial charge in [-0.1, -0.05) is 6.92 Å². The molecule has 0 heterocycles. The maximum atomic E-state index is 5.34. The fraction of sp³-hybridized carbons (Fsp3) is 0.875. The predicted molar refractivity (Wildman–Crippen MR) is 45.7 cm³/mol. The summed E-state index contributed by atoms with van der Waals surface area (Å²) in [6, 6.07) is 0. The number of nitrogens with one attached hydrogen (secondary N) is 1.